The molecule has 0 aliphatic rings. The Balaban J connectivity index is 2.69. The fraction of sp³-hybridized carbons (Fsp3) is 0.412. The van der Waals surface area contributed by atoms with Crippen LogP contribution in [0, 0.1) is 11.3 Å². The van der Waals surface area contributed by atoms with Crippen molar-refractivity contribution in [3.05, 3.63) is 42.0 Å². The molecule has 1 rings (SSSR count). The SMILES string of the molecule is CC(OC(=O)C=Cc1ccccc1)C(C(=O)O)C(C)(C)C. The molecule has 21 heavy (non-hydrogen) atoms. The van der Waals surface area contributed by atoms with E-state index < -0.39 is 29.4 Å². The molecule has 0 heterocycles. The molecule has 2 unspecified atom stereocenters. The van der Waals surface area contributed by atoms with Crippen LogP contribution in [0.3, 0.4) is 0 Å². The van der Waals surface area contributed by atoms with Crippen LogP contribution in [0.5, 0.6) is 0 Å². The molecule has 4 nitrogen and oxygen atoms in total. The van der Waals surface area contributed by atoms with E-state index in [9.17, 15) is 14.7 Å². The van der Waals surface area contributed by atoms with Gasteiger partial charge in [-0.2, -0.15) is 0 Å². The van der Waals surface area contributed by atoms with Gasteiger partial charge in [0.2, 0.25) is 0 Å². The first-order chi connectivity index (χ1) is 9.71. The number of hydrogen-bond donors (Lipinski definition) is 1. The minimum absolute atomic E-state index is 0.491. The van der Waals surface area contributed by atoms with Crippen LogP contribution >= 0.6 is 0 Å². The zero-order valence-corrected chi connectivity index (χ0v) is 12.9. The lowest BCUT2D eigenvalue weighted by Crippen LogP contribution is -2.39. The predicted octanol–water partition coefficient (Wildman–Crippen LogP) is 3.38. The van der Waals surface area contributed by atoms with Crippen molar-refractivity contribution in [2.45, 2.75) is 33.8 Å². The lowest BCUT2D eigenvalue weighted by atomic mass is 9.78. The fourth-order valence-corrected chi connectivity index (χ4v) is 2.29. The van der Waals surface area contributed by atoms with E-state index in [1.54, 1.807) is 13.0 Å². The van der Waals surface area contributed by atoms with Crippen LogP contribution in [-0.2, 0) is 14.3 Å². The number of hydrogen-bond acceptors (Lipinski definition) is 3. The van der Waals surface area contributed by atoms with Crippen LogP contribution in [0.15, 0.2) is 36.4 Å². The van der Waals surface area contributed by atoms with Crippen molar-refractivity contribution in [3.63, 3.8) is 0 Å². The Morgan fingerprint density at radius 1 is 1.19 bits per heavy atom. The average Bonchev–Trinajstić information content (AvgIpc) is 2.35. The molecule has 0 aliphatic heterocycles. The van der Waals surface area contributed by atoms with E-state index in [2.05, 4.69) is 0 Å². The summed E-state index contributed by atoms with van der Waals surface area (Å²) in [6.45, 7) is 7.06. The molecule has 1 aromatic carbocycles. The Kier molecular flexibility index (Phi) is 5.70. The maximum absolute atomic E-state index is 11.8. The molecule has 0 saturated carbocycles. The second kappa shape index (κ2) is 7.07. The van der Waals surface area contributed by atoms with Crippen LogP contribution in [-0.4, -0.2) is 23.1 Å². The maximum Gasteiger partial charge on any atom is 0.331 e. The van der Waals surface area contributed by atoms with Gasteiger partial charge in [0.15, 0.2) is 0 Å². The largest absolute Gasteiger partial charge is 0.481 e. The van der Waals surface area contributed by atoms with Crippen molar-refractivity contribution >= 4 is 18.0 Å². The van der Waals surface area contributed by atoms with Gasteiger partial charge in [-0.25, -0.2) is 4.79 Å². The van der Waals surface area contributed by atoms with Gasteiger partial charge in [0.05, 0.1) is 5.92 Å². The number of ether oxygens (including phenoxy) is 1. The molecular weight excluding hydrogens is 268 g/mol. The van der Waals surface area contributed by atoms with E-state index in [1.165, 1.54) is 6.08 Å². The number of carbonyl (C=O) groups is 2. The summed E-state index contributed by atoms with van der Waals surface area (Å²) in [5.74, 6) is -2.26. The number of benzene rings is 1. The van der Waals surface area contributed by atoms with Crippen LogP contribution in [0.2, 0.25) is 0 Å². The second-order valence-corrected chi connectivity index (χ2v) is 6.07. The van der Waals surface area contributed by atoms with Crippen molar-refractivity contribution in [2.75, 3.05) is 0 Å². The first-order valence-corrected chi connectivity index (χ1v) is 6.88. The summed E-state index contributed by atoms with van der Waals surface area (Å²) < 4.78 is 5.22. The summed E-state index contributed by atoms with van der Waals surface area (Å²) >= 11 is 0. The van der Waals surface area contributed by atoms with Gasteiger partial charge in [-0.3, -0.25) is 4.79 Å². The van der Waals surface area contributed by atoms with Gasteiger partial charge in [0.25, 0.3) is 0 Å². The molecule has 0 bridgehead atoms. The van der Waals surface area contributed by atoms with Crippen molar-refractivity contribution in [1.29, 1.82) is 0 Å². The van der Waals surface area contributed by atoms with Gasteiger partial charge in [-0.05, 0) is 24.0 Å². The first kappa shape index (κ1) is 17.0. The molecule has 4 heteroatoms. The molecule has 1 N–H and O–H groups in total. The molecule has 0 fully saturated rings. The highest BCUT2D eigenvalue weighted by molar-refractivity contribution is 5.87. The quantitative estimate of drug-likeness (QED) is 0.667. The molecule has 0 amide bonds. The third-order valence-electron chi connectivity index (χ3n) is 3.18. The van der Waals surface area contributed by atoms with Crippen molar-refractivity contribution < 1.29 is 19.4 Å². The highest BCUT2D eigenvalue weighted by atomic mass is 16.5. The standard InChI is InChI=1S/C17H22O4/c1-12(15(16(19)20)17(2,3)4)21-14(18)11-10-13-8-6-5-7-9-13/h5-12,15H,1-4H3,(H,19,20). The molecule has 0 radical (unpaired) electrons. The second-order valence-electron chi connectivity index (χ2n) is 6.07. The van der Waals surface area contributed by atoms with Crippen LogP contribution in [0.4, 0.5) is 0 Å². The van der Waals surface area contributed by atoms with E-state index in [4.69, 9.17) is 4.74 Å². The van der Waals surface area contributed by atoms with Gasteiger partial charge in [-0.15, -0.1) is 0 Å². The summed E-state index contributed by atoms with van der Waals surface area (Å²) in [6.07, 6.45) is 2.26. The summed E-state index contributed by atoms with van der Waals surface area (Å²) in [7, 11) is 0. The molecular formula is C17H22O4. The molecule has 0 aliphatic carbocycles. The molecule has 1 aromatic rings. The van der Waals surface area contributed by atoms with Gasteiger partial charge in [0.1, 0.15) is 6.10 Å². The molecule has 0 aromatic heterocycles. The summed E-state index contributed by atoms with van der Waals surface area (Å²) in [6, 6.07) is 9.35. The van der Waals surface area contributed by atoms with E-state index >= 15 is 0 Å². The predicted molar refractivity (Wildman–Crippen MR) is 81.6 cm³/mol. The zero-order valence-electron chi connectivity index (χ0n) is 12.9. The van der Waals surface area contributed by atoms with Gasteiger partial charge in [-0.1, -0.05) is 51.1 Å². The number of carbonyl (C=O) groups excluding carboxylic acids is 1. The van der Waals surface area contributed by atoms with E-state index in [0.29, 0.717) is 0 Å². The number of esters is 1. The van der Waals surface area contributed by atoms with Crippen molar-refractivity contribution in [3.8, 4) is 0 Å². The smallest absolute Gasteiger partial charge is 0.331 e. The summed E-state index contributed by atoms with van der Waals surface area (Å²) in [5.41, 5.74) is 0.391. The number of carboxylic acids is 1. The summed E-state index contributed by atoms with van der Waals surface area (Å²) in [4.78, 5) is 23.1. The number of carboxylic acid groups (broad SMARTS) is 1. The third-order valence-corrected chi connectivity index (χ3v) is 3.18. The topological polar surface area (TPSA) is 63.6 Å². The molecule has 0 saturated heterocycles. The van der Waals surface area contributed by atoms with Gasteiger partial charge in [0, 0.05) is 6.08 Å². The van der Waals surface area contributed by atoms with Crippen LogP contribution in [0.1, 0.15) is 33.3 Å². The molecule has 114 valence electrons. The van der Waals surface area contributed by atoms with Crippen LogP contribution < -0.4 is 0 Å². The highest BCUT2D eigenvalue weighted by Gasteiger charge is 2.37. The normalized spacial score (nSPS) is 14.7. The minimum Gasteiger partial charge on any atom is -0.481 e. The van der Waals surface area contributed by atoms with Crippen molar-refractivity contribution in [1.82, 2.24) is 0 Å². The van der Waals surface area contributed by atoms with E-state index in [-0.39, 0.29) is 0 Å². The lowest BCUT2D eigenvalue weighted by Gasteiger charge is -2.31. The minimum atomic E-state index is -0.963. The average molecular weight is 290 g/mol. The van der Waals surface area contributed by atoms with Gasteiger partial charge < -0.3 is 9.84 Å². The van der Waals surface area contributed by atoms with Crippen molar-refractivity contribution in [2.24, 2.45) is 11.3 Å². The Labute approximate surface area is 125 Å². The Morgan fingerprint density at radius 3 is 2.24 bits per heavy atom. The maximum atomic E-state index is 11.8. The Bertz CT molecular complexity index is 511. The van der Waals surface area contributed by atoms with E-state index in [0.717, 1.165) is 5.56 Å². The van der Waals surface area contributed by atoms with Crippen LogP contribution in [0.25, 0.3) is 6.08 Å². The zero-order chi connectivity index (χ0) is 16.0. The molecule has 2 atom stereocenters. The summed E-state index contributed by atoms with van der Waals surface area (Å²) in [5, 5.41) is 9.29. The first-order valence-electron chi connectivity index (χ1n) is 6.88. The molecule has 0 spiro atoms. The number of rotatable bonds is 5. The third kappa shape index (κ3) is 5.42. The Morgan fingerprint density at radius 2 is 1.76 bits per heavy atom. The highest BCUT2D eigenvalue weighted by Crippen LogP contribution is 2.30. The monoisotopic (exact) mass is 290 g/mol. The fourth-order valence-electron chi connectivity index (χ4n) is 2.29. The number of aliphatic carboxylic acids is 1. The Hall–Kier alpha value is -2.10. The lowest BCUT2D eigenvalue weighted by molar-refractivity contribution is -0.159. The van der Waals surface area contributed by atoms with Gasteiger partial charge >= 0.3 is 11.9 Å². The van der Waals surface area contributed by atoms with E-state index in [1.807, 2.05) is 51.1 Å².